The molecule has 0 aliphatic heterocycles. The predicted molar refractivity (Wildman–Crippen MR) is 120 cm³/mol. The Labute approximate surface area is 178 Å². The van der Waals surface area contributed by atoms with Crippen LogP contribution >= 0.6 is 0 Å². The van der Waals surface area contributed by atoms with Gasteiger partial charge in [0.15, 0.2) is 0 Å². The van der Waals surface area contributed by atoms with E-state index in [4.69, 9.17) is 10.5 Å². The summed E-state index contributed by atoms with van der Waals surface area (Å²) in [5, 5.41) is 5.75. The maximum Gasteiger partial charge on any atom is 0.248 e. The van der Waals surface area contributed by atoms with Crippen molar-refractivity contribution in [2.75, 3.05) is 12.4 Å². The molecule has 0 aliphatic carbocycles. The fourth-order valence-electron chi connectivity index (χ4n) is 2.83. The lowest BCUT2D eigenvalue weighted by atomic mass is 10.0. The van der Waals surface area contributed by atoms with Gasteiger partial charge in [0.2, 0.25) is 11.8 Å². The van der Waals surface area contributed by atoms with Crippen LogP contribution in [0, 0.1) is 5.92 Å². The zero-order chi connectivity index (χ0) is 21.9. The molecule has 0 bridgehead atoms. The van der Waals surface area contributed by atoms with E-state index < -0.39 is 6.04 Å². The molecule has 6 heteroatoms. The lowest BCUT2D eigenvalue weighted by Crippen LogP contribution is -2.47. The number of ether oxygens (including phenoxy) is 1. The van der Waals surface area contributed by atoms with Gasteiger partial charge in [0.05, 0.1) is 13.2 Å². The van der Waals surface area contributed by atoms with Crippen LogP contribution in [-0.4, -0.2) is 31.0 Å². The van der Waals surface area contributed by atoms with Gasteiger partial charge in [-0.25, -0.2) is 0 Å². The maximum absolute atomic E-state index is 12.4. The van der Waals surface area contributed by atoms with Gasteiger partial charge in [-0.05, 0) is 48.6 Å². The van der Waals surface area contributed by atoms with E-state index in [9.17, 15) is 9.59 Å². The molecule has 2 rings (SSSR count). The van der Waals surface area contributed by atoms with Crippen LogP contribution < -0.4 is 21.1 Å². The molecule has 0 saturated carbocycles. The van der Waals surface area contributed by atoms with E-state index in [-0.39, 0.29) is 23.8 Å². The van der Waals surface area contributed by atoms with Crippen molar-refractivity contribution >= 4 is 17.5 Å². The molecule has 160 valence electrons. The summed E-state index contributed by atoms with van der Waals surface area (Å²) >= 11 is 0. The first-order valence-electron chi connectivity index (χ1n) is 10.1. The molecule has 6 nitrogen and oxygen atoms in total. The molecular weight excluding hydrogens is 378 g/mol. The minimum atomic E-state index is -0.592. The van der Waals surface area contributed by atoms with Crippen LogP contribution in [-0.2, 0) is 16.0 Å². The van der Waals surface area contributed by atoms with E-state index in [0.717, 1.165) is 6.42 Å². The molecule has 30 heavy (non-hydrogen) atoms. The van der Waals surface area contributed by atoms with Gasteiger partial charge in [0.25, 0.3) is 0 Å². The first-order chi connectivity index (χ1) is 14.4. The van der Waals surface area contributed by atoms with Gasteiger partial charge in [0, 0.05) is 17.8 Å². The second-order valence-electron chi connectivity index (χ2n) is 7.49. The summed E-state index contributed by atoms with van der Waals surface area (Å²) in [6.07, 6.45) is 4.59. The number of carbonyl (C=O) groups excluding carboxylic acids is 2. The van der Waals surface area contributed by atoms with E-state index in [1.54, 1.807) is 37.5 Å². The van der Waals surface area contributed by atoms with Crippen LogP contribution in [0.1, 0.15) is 25.8 Å². The van der Waals surface area contributed by atoms with Crippen LogP contribution in [0.4, 0.5) is 5.69 Å². The minimum absolute atomic E-state index is 0.0297. The highest BCUT2D eigenvalue weighted by Gasteiger charge is 2.19. The maximum atomic E-state index is 12.4. The van der Waals surface area contributed by atoms with Gasteiger partial charge in [-0.3, -0.25) is 9.59 Å². The SMILES string of the molecule is COc1ccc(NC(=O)C=C[C@H](CCc2ccccc2)NC(=O)[C@@H](N)C(C)C)cc1. The number of amides is 2. The number of carbonyl (C=O) groups is 2. The Kier molecular flexibility index (Phi) is 9.09. The van der Waals surface area contributed by atoms with Crippen molar-refractivity contribution in [2.45, 2.75) is 38.8 Å². The molecule has 0 aliphatic rings. The third-order valence-corrected chi connectivity index (χ3v) is 4.77. The Morgan fingerprint density at radius 3 is 2.33 bits per heavy atom. The minimum Gasteiger partial charge on any atom is -0.497 e. The number of aryl methyl sites for hydroxylation is 1. The first-order valence-corrected chi connectivity index (χ1v) is 10.1. The fourth-order valence-corrected chi connectivity index (χ4v) is 2.83. The van der Waals surface area contributed by atoms with Crippen molar-refractivity contribution in [3.63, 3.8) is 0 Å². The topological polar surface area (TPSA) is 93.5 Å². The Hall–Kier alpha value is -3.12. The average molecular weight is 410 g/mol. The number of hydrogen-bond acceptors (Lipinski definition) is 4. The summed E-state index contributed by atoms with van der Waals surface area (Å²) in [7, 11) is 1.59. The standard InChI is InChI=1S/C24H31N3O3/c1-17(2)23(25)24(29)27-20(10-9-18-7-5-4-6-8-18)13-16-22(28)26-19-11-14-21(30-3)15-12-19/h4-8,11-17,20,23H,9-10,25H2,1-3H3,(H,26,28)(H,27,29)/t20-,23-/m0/s1. The van der Waals surface area contributed by atoms with Crippen molar-refractivity contribution in [2.24, 2.45) is 11.7 Å². The molecule has 2 amide bonds. The second kappa shape index (κ2) is 11.8. The lowest BCUT2D eigenvalue weighted by molar-refractivity contribution is -0.123. The molecule has 0 fully saturated rings. The van der Waals surface area contributed by atoms with Crippen molar-refractivity contribution in [1.29, 1.82) is 0 Å². The molecule has 0 heterocycles. The highest BCUT2D eigenvalue weighted by Crippen LogP contribution is 2.15. The molecule has 0 radical (unpaired) electrons. The van der Waals surface area contributed by atoms with E-state index in [0.29, 0.717) is 17.9 Å². The van der Waals surface area contributed by atoms with Gasteiger partial charge in [-0.1, -0.05) is 50.3 Å². The van der Waals surface area contributed by atoms with Crippen LogP contribution in [0.2, 0.25) is 0 Å². The van der Waals surface area contributed by atoms with Crippen LogP contribution in [0.15, 0.2) is 66.7 Å². The summed E-state index contributed by atoms with van der Waals surface area (Å²) in [4.78, 5) is 24.7. The summed E-state index contributed by atoms with van der Waals surface area (Å²) < 4.78 is 5.11. The normalized spacial score (nSPS) is 13.1. The molecule has 0 spiro atoms. The molecule has 2 aromatic carbocycles. The number of nitrogens with one attached hydrogen (secondary N) is 2. The van der Waals surface area contributed by atoms with Crippen LogP contribution in [0.25, 0.3) is 0 Å². The Morgan fingerprint density at radius 2 is 1.73 bits per heavy atom. The van der Waals surface area contributed by atoms with Gasteiger partial charge >= 0.3 is 0 Å². The van der Waals surface area contributed by atoms with E-state index in [1.165, 1.54) is 11.6 Å². The van der Waals surface area contributed by atoms with Crippen molar-refractivity contribution in [3.8, 4) is 5.75 Å². The third kappa shape index (κ3) is 7.72. The molecule has 2 aromatic rings. The summed E-state index contributed by atoms with van der Waals surface area (Å²) in [5.74, 6) is 0.256. The molecule has 4 N–H and O–H groups in total. The van der Waals surface area contributed by atoms with Crippen LogP contribution in [0.3, 0.4) is 0 Å². The highest BCUT2D eigenvalue weighted by atomic mass is 16.5. The molecule has 0 aromatic heterocycles. The lowest BCUT2D eigenvalue weighted by Gasteiger charge is -2.20. The zero-order valence-electron chi connectivity index (χ0n) is 17.8. The van der Waals surface area contributed by atoms with Crippen molar-refractivity contribution in [3.05, 3.63) is 72.3 Å². The largest absolute Gasteiger partial charge is 0.497 e. The smallest absolute Gasteiger partial charge is 0.248 e. The van der Waals surface area contributed by atoms with Crippen molar-refractivity contribution < 1.29 is 14.3 Å². The van der Waals surface area contributed by atoms with E-state index in [2.05, 4.69) is 10.6 Å². The number of nitrogens with two attached hydrogens (primary N) is 1. The fraction of sp³-hybridized carbons (Fsp3) is 0.333. The average Bonchev–Trinajstić information content (AvgIpc) is 2.76. The summed E-state index contributed by atoms with van der Waals surface area (Å²) in [5.41, 5.74) is 7.80. The molecule has 0 unspecified atom stereocenters. The first kappa shape index (κ1) is 23.2. The Morgan fingerprint density at radius 1 is 1.07 bits per heavy atom. The molecule has 2 atom stereocenters. The second-order valence-corrected chi connectivity index (χ2v) is 7.49. The van der Waals surface area contributed by atoms with E-state index >= 15 is 0 Å². The van der Waals surface area contributed by atoms with Gasteiger partial charge < -0.3 is 21.1 Å². The quantitative estimate of drug-likeness (QED) is 0.525. The van der Waals surface area contributed by atoms with Crippen LogP contribution in [0.5, 0.6) is 5.75 Å². The predicted octanol–water partition coefficient (Wildman–Crippen LogP) is 3.29. The van der Waals surface area contributed by atoms with E-state index in [1.807, 2.05) is 44.2 Å². The van der Waals surface area contributed by atoms with Gasteiger partial charge in [-0.15, -0.1) is 0 Å². The molecule has 0 saturated heterocycles. The summed E-state index contributed by atoms with van der Waals surface area (Å²) in [6, 6.07) is 16.2. The number of rotatable bonds is 10. The third-order valence-electron chi connectivity index (χ3n) is 4.77. The number of methoxy groups -OCH3 is 1. The number of anilines is 1. The number of hydrogen-bond donors (Lipinski definition) is 3. The summed E-state index contributed by atoms with van der Waals surface area (Å²) in [6.45, 7) is 3.81. The zero-order valence-corrected chi connectivity index (χ0v) is 17.8. The van der Waals surface area contributed by atoms with Crippen molar-refractivity contribution in [1.82, 2.24) is 5.32 Å². The van der Waals surface area contributed by atoms with Gasteiger partial charge in [-0.2, -0.15) is 0 Å². The molecular formula is C24H31N3O3. The Bertz CT molecular complexity index is 833. The Balaban J connectivity index is 2.01. The van der Waals surface area contributed by atoms with Gasteiger partial charge in [0.1, 0.15) is 5.75 Å². The highest BCUT2D eigenvalue weighted by molar-refractivity contribution is 5.99. The number of benzene rings is 2. The monoisotopic (exact) mass is 409 g/mol.